The molecule has 19 heavy (non-hydrogen) atoms. The lowest BCUT2D eigenvalue weighted by Gasteiger charge is -2.01. The van der Waals surface area contributed by atoms with Crippen LogP contribution in [-0.2, 0) is 11.2 Å². The van der Waals surface area contributed by atoms with Crippen molar-refractivity contribution >= 4 is 11.7 Å². The number of nitrogens with one attached hydrogen (secondary N) is 2. The molecule has 0 spiro atoms. The molecule has 0 atom stereocenters. The first-order valence-corrected chi connectivity index (χ1v) is 6.24. The number of H-pyrrole nitrogens is 1. The van der Waals surface area contributed by atoms with Crippen LogP contribution in [0.5, 0.6) is 0 Å². The van der Waals surface area contributed by atoms with Gasteiger partial charge in [0, 0.05) is 17.3 Å². The van der Waals surface area contributed by atoms with Crippen LogP contribution >= 0.6 is 0 Å². The van der Waals surface area contributed by atoms with E-state index >= 15 is 0 Å². The zero-order valence-corrected chi connectivity index (χ0v) is 11.6. The molecule has 0 aromatic carbocycles. The van der Waals surface area contributed by atoms with Crippen LogP contribution in [0.25, 0.3) is 0 Å². The summed E-state index contributed by atoms with van der Waals surface area (Å²) in [5.74, 6) is 1.44. The Morgan fingerprint density at radius 3 is 2.74 bits per heavy atom. The number of aromatic amines is 1. The van der Waals surface area contributed by atoms with E-state index in [2.05, 4.69) is 34.5 Å². The van der Waals surface area contributed by atoms with Crippen LogP contribution in [0.2, 0.25) is 0 Å². The number of hydrogen-bond donors (Lipinski definition) is 2. The summed E-state index contributed by atoms with van der Waals surface area (Å²) in [6.07, 6.45) is 0.241. The van der Waals surface area contributed by atoms with Crippen molar-refractivity contribution in [2.45, 2.75) is 40.0 Å². The van der Waals surface area contributed by atoms with Crippen LogP contribution in [0.4, 0.5) is 5.82 Å². The summed E-state index contributed by atoms with van der Waals surface area (Å²) in [6, 6.07) is 1.84. The van der Waals surface area contributed by atoms with Gasteiger partial charge in [-0.15, -0.1) is 0 Å². The quantitative estimate of drug-likeness (QED) is 0.885. The van der Waals surface area contributed by atoms with Crippen molar-refractivity contribution < 1.29 is 9.32 Å². The van der Waals surface area contributed by atoms with Crippen LogP contribution in [0.1, 0.15) is 42.5 Å². The monoisotopic (exact) mass is 262 g/mol. The van der Waals surface area contributed by atoms with E-state index in [9.17, 15) is 4.79 Å². The van der Waals surface area contributed by atoms with Gasteiger partial charge in [0.15, 0.2) is 5.82 Å². The molecule has 0 aliphatic heterocycles. The third-order valence-electron chi connectivity index (χ3n) is 3.01. The minimum Gasteiger partial charge on any atom is -0.361 e. The number of nitrogens with zero attached hydrogens (tertiary/aromatic N) is 2. The molecule has 0 saturated heterocycles. The van der Waals surface area contributed by atoms with Crippen LogP contribution in [-0.4, -0.2) is 21.3 Å². The summed E-state index contributed by atoms with van der Waals surface area (Å²) in [5, 5.41) is 13.5. The third-order valence-corrected chi connectivity index (χ3v) is 3.01. The van der Waals surface area contributed by atoms with E-state index in [-0.39, 0.29) is 12.3 Å². The van der Waals surface area contributed by atoms with Gasteiger partial charge in [0.2, 0.25) is 5.91 Å². The maximum atomic E-state index is 11.9. The number of aromatic nitrogens is 3. The zero-order valence-electron chi connectivity index (χ0n) is 11.6. The Morgan fingerprint density at radius 2 is 2.21 bits per heavy atom. The number of aryl methyl sites for hydroxylation is 2. The fourth-order valence-electron chi connectivity index (χ4n) is 1.80. The van der Waals surface area contributed by atoms with Crippen LogP contribution in [0.15, 0.2) is 10.6 Å². The van der Waals surface area contributed by atoms with E-state index < -0.39 is 0 Å². The molecule has 2 aromatic rings. The highest BCUT2D eigenvalue weighted by molar-refractivity contribution is 5.91. The average Bonchev–Trinajstić information content (AvgIpc) is 2.91. The van der Waals surface area contributed by atoms with Gasteiger partial charge < -0.3 is 9.84 Å². The Morgan fingerprint density at radius 1 is 1.47 bits per heavy atom. The lowest BCUT2D eigenvalue weighted by Crippen LogP contribution is -2.15. The van der Waals surface area contributed by atoms with Gasteiger partial charge in [-0.3, -0.25) is 9.89 Å². The standard InChI is InChI=1S/C13H18N4O2/c1-7(2)11-6-12(16-15-11)14-13(18)5-10-8(3)17-19-9(10)4/h6-7H,5H2,1-4H3,(H2,14,15,16,18). The predicted molar refractivity (Wildman–Crippen MR) is 71.0 cm³/mol. The Kier molecular flexibility index (Phi) is 3.69. The largest absolute Gasteiger partial charge is 0.361 e. The number of carbonyl (C=O) groups is 1. The van der Waals surface area contributed by atoms with E-state index in [0.717, 1.165) is 17.0 Å². The summed E-state index contributed by atoms with van der Waals surface area (Å²) >= 11 is 0. The molecular formula is C13H18N4O2. The van der Waals surface area contributed by atoms with Gasteiger partial charge in [-0.1, -0.05) is 19.0 Å². The lowest BCUT2D eigenvalue weighted by atomic mass is 10.1. The molecule has 2 aromatic heterocycles. The van der Waals surface area contributed by atoms with Crippen molar-refractivity contribution in [3.8, 4) is 0 Å². The first-order valence-electron chi connectivity index (χ1n) is 6.24. The van der Waals surface area contributed by atoms with Gasteiger partial charge in [-0.2, -0.15) is 5.10 Å². The molecule has 0 radical (unpaired) electrons. The molecule has 2 heterocycles. The average molecular weight is 262 g/mol. The second kappa shape index (κ2) is 5.26. The molecule has 102 valence electrons. The zero-order chi connectivity index (χ0) is 14.0. The lowest BCUT2D eigenvalue weighted by molar-refractivity contribution is -0.115. The number of amides is 1. The molecule has 1 amide bonds. The van der Waals surface area contributed by atoms with E-state index in [4.69, 9.17) is 4.52 Å². The highest BCUT2D eigenvalue weighted by atomic mass is 16.5. The van der Waals surface area contributed by atoms with Crippen molar-refractivity contribution in [3.63, 3.8) is 0 Å². The first-order chi connectivity index (χ1) is 8.97. The summed E-state index contributed by atoms with van der Waals surface area (Å²) in [6.45, 7) is 7.74. The minimum absolute atomic E-state index is 0.129. The Labute approximate surface area is 111 Å². The van der Waals surface area contributed by atoms with Gasteiger partial charge >= 0.3 is 0 Å². The molecule has 6 nitrogen and oxygen atoms in total. The third kappa shape index (κ3) is 3.01. The van der Waals surface area contributed by atoms with Crippen LogP contribution in [0.3, 0.4) is 0 Å². The summed E-state index contributed by atoms with van der Waals surface area (Å²) in [4.78, 5) is 11.9. The van der Waals surface area contributed by atoms with Gasteiger partial charge in [0.25, 0.3) is 0 Å². The Bertz CT molecular complexity index is 564. The summed E-state index contributed by atoms with van der Waals surface area (Å²) in [7, 11) is 0. The molecule has 0 aliphatic rings. The molecule has 0 bridgehead atoms. The maximum Gasteiger partial charge on any atom is 0.230 e. The SMILES string of the molecule is Cc1noc(C)c1CC(=O)Nc1cc(C(C)C)[nH]n1. The highest BCUT2D eigenvalue weighted by Gasteiger charge is 2.14. The molecule has 0 aliphatic carbocycles. The smallest absolute Gasteiger partial charge is 0.230 e. The second-order valence-corrected chi connectivity index (χ2v) is 4.89. The number of hydrogen-bond acceptors (Lipinski definition) is 4. The summed E-state index contributed by atoms with van der Waals surface area (Å²) in [5.41, 5.74) is 2.57. The van der Waals surface area contributed by atoms with Gasteiger partial charge in [0.1, 0.15) is 5.76 Å². The number of carbonyl (C=O) groups excluding carboxylic acids is 1. The Balaban J connectivity index is 2.01. The van der Waals surface area contributed by atoms with E-state index in [1.807, 2.05) is 13.0 Å². The van der Waals surface area contributed by atoms with Crippen LogP contribution in [0, 0.1) is 13.8 Å². The first kappa shape index (κ1) is 13.3. The van der Waals surface area contributed by atoms with Crippen molar-refractivity contribution in [2.75, 3.05) is 5.32 Å². The molecule has 2 N–H and O–H groups in total. The fourth-order valence-corrected chi connectivity index (χ4v) is 1.80. The topological polar surface area (TPSA) is 83.8 Å². The van der Waals surface area contributed by atoms with Crippen molar-refractivity contribution in [2.24, 2.45) is 0 Å². The molecule has 0 unspecified atom stereocenters. The van der Waals surface area contributed by atoms with Gasteiger partial charge in [-0.05, 0) is 19.8 Å². The van der Waals surface area contributed by atoms with E-state index in [1.165, 1.54) is 0 Å². The highest BCUT2D eigenvalue weighted by Crippen LogP contribution is 2.16. The Hall–Kier alpha value is -2.11. The number of anilines is 1. The molecule has 0 fully saturated rings. The molecule has 2 rings (SSSR count). The predicted octanol–water partition coefficient (Wildman–Crippen LogP) is 2.32. The molecule has 0 saturated carbocycles. The molecule has 6 heteroatoms. The van der Waals surface area contributed by atoms with Crippen LogP contribution < -0.4 is 5.32 Å². The normalized spacial score (nSPS) is 11.0. The van der Waals surface area contributed by atoms with E-state index in [1.54, 1.807) is 6.92 Å². The summed E-state index contributed by atoms with van der Waals surface area (Å²) < 4.78 is 5.03. The minimum atomic E-state index is -0.129. The number of rotatable bonds is 4. The van der Waals surface area contributed by atoms with E-state index in [0.29, 0.717) is 17.5 Å². The fraction of sp³-hybridized carbons (Fsp3) is 0.462. The van der Waals surface area contributed by atoms with Gasteiger partial charge in [0.05, 0.1) is 12.1 Å². The van der Waals surface area contributed by atoms with Crippen molar-refractivity contribution in [3.05, 3.63) is 28.8 Å². The van der Waals surface area contributed by atoms with Gasteiger partial charge in [-0.25, -0.2) is 0 Å². The second-order valence-electron chi connectivity index (χ2n) is 4.89. The molecular weight excluding hydrogens is 244 g/mol. The van der Waals surface area contributed by atoms with Crippen molar-refractivity contribution in [1.29, 1.82) is 0 Å². The van der Waals surface area contributed by atoms with Crippen molar-refractivity contribution in [1.82, 2.24) is 15.4 Å². The maximum absolute atomic E-state index is 11.9.